The highest BCUT2D eigenvalue weighted by molar-refractivity contribution is 5.05. The quantitative estimate of drug-likeness (QED) is 0.855. The SMILES string of the molecule is Cc1ccc(CN(C)C2CCc3nn(C)c(=O)n3CC2)o1. The third kappa shape index (κ3) is 2.81. The first-order valence-corrected chi connectivity index (χ1v) is 7.43. The number of rotatable bonds is 3. The zero-order valence-corrected chi connectivity index (χ0v) is 12.9. The minimum absolute atomic E-state index is 0.00466. The zero-order chi connectivity index (χ0) is 15.0. The molecule has 0 fully saturated rings. The summed E-state index contributed by atoms with van der Waals surface area (Å²) < 4.78 is 8.89. The molecule has 21 heavy (non-hydrogen) atoms. The van der Waals surface area contributed by atoms with Crippen LogP contribution in [0.3, 0.4) is 0 Å². The van der Waals surface area contributed by atoms with Crippen LogP contribution < -0.4 is 5.69 Å². The zero-order valence-electron chi connectivity index (χ0n) is 12.9. The van der Waals surface area contributed by atoms with E-state index < -0.39 is 0 Å². The van der Waals surface area contributed by atoms with Crippen molar-refractivity contribution in [2.75, 3.05) is 7.05 Å². The third-order valence-electron chi connectivity index (χ3n) is 4.30. The van der Waals surface area contributed by atoms with Gasteiger partial charge in [0.15, 0.2) is 0 Å². The van der Waals surface area contributed by atoms with E-state index >= 15 is 0 Å². The Kier molecular flexibility index (Phi) is 3.71. The Balaban J connectivity index is 1.67. The van der Waals surface area contributed by atoms with E-state index in [1.807, 2.05) is 23.6 Å². The van der Waals surface area contributed by atoms with Gasteiger partial charge >= 0.3 is 5.69 Å². The van der Waals surface area contributed by atoms with Crippen LogP contribution in [0.15, 0.2) is 21.3 Å². The smallest absolute Gasteiger partial charge is 0.345 e. The maximum Gasteiger partial charge on any atom is 0.345 e. The maximum atomic E-state index is 12.0. The number of aryl methyl sites for hydroxylation is 3. The van der Waals surface area contributed by atoms with Crippen molar-refractivity contribution < 1.29 is 4.42 Å². The molecular formula is C15H22N4O2. The summed E-state index contributed by atoms with van der Waals surface area (Å²) in [7, 11) is 3.83. The molecule has 0 saturated carbocycles. The normalized spacial score (nSPS) is 18.8. The summed E-state index contributed by atoms with van der Waals surface area (Å²) in [5.41, 5.74) is -0.00466. The Hall–Kier alpha value is -1.82. The number of furan rings is 1. The Morgan fingerprint density at radius 3 is 2.95 bits per heavy atom. The van der Waals surface area contributed by atoms with Crippen LogP contribution in [0.5, 0.6) is 0 Å². The van der Waals surface area contributed by atoms with Crippen molar-refractivity contribution in [1.82, 2.24) is 19.2 Å². The fourth-order valence-electron chi connectivity index (χ4n) is 3.07. The molecule has 2 aromatic rings. The molecule has 1 aliphatic heterocycles. The van der Waals surface area contributed by atoms with Crippen molar-refractivity contribution in [3.63, 3.8) is 0 Å². The maximum absolute atomic E-state index is 12.0. The van der Waals surface area contributed by atoms with Crippen molar-refractivity contribution in [1.29, 1.82) is 0 Å². The molecule has 0 aliphatic carbocycles. The van der Waals surface area contributed by atoms with Crippen molar-refractivity contribution in [2.45, 2.75) is 45.3 Å². The predicted molar refractivity (Wildman–Crippen MR) is 79.1 cm³/mol. The molecule has 0 radical (unpaired) electrons. The van der Waals surface area contributed by atoms with Gasteiger partial charge in [0.2, 0.25) is 0 Å². The third-order valence-corrected chi connectivity index (χ3v) is 4.30. The van der Waals surface area contributed by atoms with Gasteiger partial charge in [0.25, 0.3) is 0 Å². The second-order valence-corrected chi connectivity index (χ2v) is 5.88. The molecule has 1 unspecified atom stereocenters. The molecule has 0 spiro atoms. The fourth-order valence-corrected chi connectivity index (χ4v) is 3.07. The first-order chi connectivity index (χ1) is 10.0. The van der Waals surface area contributed by atoms with Crippen LogP contribution in [-0.2, 0) is 26.6 Å². The molecular weight excluding hydrogens is 268 g/mol. The molecule has 3 heterocycles. The summed E-state index contributed by atoms with van der Waals surface area (Å²) >= 11 is 0. The highest BCUT2D eigenvalue weighted by atomic mass is 16.3. The van der Waals surface area contributed by atoms with E-state index in [0.29, 0.717) is 6.04 Å². The van der Waals surface area contributed by atoms with Gasteiger partial charge in [-0.1, -0.05) is 0 Å². The number of nitrogens with zero attached hydrogens (tertiary/aromatic N) is 4. The van der Waals surface area contributed by atoms with Gasteiger partial charge in [0, 0.05) is 26.1 Å². The summed E-state index contributed by atoms with van der Waals surface area (Å²) in [5.74, 6) is 2.85. The molecule has 0 N–H and O–H groups in total. The van der Waals surface area contributed by atoms with Gasteiger partial charge in [0.1, 0.15) is 17.3 Å². The van der Waals surface area contributed by atoms with Gasteiger partial charge in [-0.25, -0.2) is 9.48 Å². The highest BCUT2D eigenvalue weighted by Gasteiger charge is 2.23. The summed E-state index contributed by atoms with van der Waals surface area (Å²) in [5, 5.41) is 4.32. The van der Waals surface area contributed by atoms with Crippen LogP contribution in [-0.4, -0.2) is 32.3 Å². The summed E-state index contributed by atoms with van der Waals surface area (Å²) in [6, 6.07) is 4.47. The van der Waals surface area contributed by atoms with Gasteiger partial charge in [0.05, 0.1) is 6.54 Å². The van der Waals surface area contributed by atoms with Gasteiger partial charge in [-0.15, -0.1) is 0 Å². The van der Waals surface area contributed by atoms with Crippen LogP contribution in [0.2, 0.25) is 0 Å². The molecule has 1 aliphatic rings. The van der Waals surface area contributed by atoms with E-state index in [-0.39, 0.29) is 5.69 Å². The van der Waals surface area contributed by atoms with Crippen molar-refractivity contribution >= 4 is 0 Å². The van der Waals surface area contributed by atoms with E-state index in [9.17, 15) is 4.79 Å². The average Bonchev–Trinajstić information content (AvgIpc) is 2.88. The summed E-state index contributed by atoms with van der Waals surface area (Å²) in [6.45, 7) is 3.51. The van der Waals surface area contributed by atoms with E-state index in [0.717, 1.165) is 49.7 Å². The molecule has 0 saturated heterocycles. The van der Waals surface area contributed by atoms with E-state index in [1.165, 1.54) is 4.68 Å². The molecule has 2 aromatic heterocycles. The lowest BCUT2D eigenvalue weighted by Crippen LogP contribution is -2.32. The second-order valence-electron chi connectivity index (χ2n) is 5.88. The Labute approximate surface area is 124 Å². The summed E-state index contributed by atoms with van der Waals surface area (Å²) in [6.07, 6.45) is 2.84. The van der Waals surface area contributed by atoms with E-state index in [1.54, 1.807) is 7.05 Å². The predicted octanol–water partition coefficient (Wildman–Crippen LogP) is 1.32. The molecule has 114 valence electrons. The molecule has 1 atom stereocenters. The van der Waals surface area contributed by atoms with Crippen molar-refractivity contribution in [3.8, 4) is 0 Å². The highest BCUT2D eigenvalue weighted by Crippen LogP contribution is 2.19. The molecule has 3 rings (SSSR count). The molecule has 0 aromatic carbocycles. The largest absolute Gasteiger partial charge is 0.465 e. The standard InChI is InChI=1S/C15H22N4O2/c1-11-4-6-13(21-11)10-17(2)12-5-7-14-16-18(3)15(20)19(14)9-8-12/h4,6,12H,5,7-10H2,1-3H3. The first-order valence-electron chi connectivity index (χ1n) is 7.43. The minimum atomic E-state index is -0.00466. The van der Waals surface area contributed by atoms with Crippen LogP contribution >= 0.6 is 0 Å². The number of hydrogen-bond acceptors (Lipinski definition) is 4. The van der Waals surface area contributed by atoms with Gasteiger partial charge in [-0.3, -0.25) is 9.47 Å². The average molecular weight is 290 g/mol. The first kappa shape index (κ1) is 14.1. The van der Waals surface area contributed by atoms with E-state index in [2.05, 4.69) is 17.0 Å². The van der Waals surface area contributed by atoms with Crippen LogP contribution in [0.1, 0.15) is 30.2 Å². The van der Waals surface area contributed by atoms with Crippen LogP contribution in [0, 0.1) is 6.92 Å². The van der Waals surface area contributed by atoms with Crippen molar-refractivity contribution in [3.05, 3.63) is 40.0 Å². The van der Waals surface area contributed by atoms with Gasteiger partial charge in [-0.2, -0.15) is 5.10 Å². The second kappa shape index (κ2) is 5.52. The van der Waals surface area contributed by atoms with Crippen LogP contribution in [0.25, 0.3) is 0 Å². The lowest BCUT2D eigenvalue weighted by molar-refractivity contribution is 0.194. The molecule has 6 nitrogen and oxygen atoms in total. The minimum Gasteiger partial charge on any atom is -0.465 e. The van der Waals surface area contributed by atoms with Gasteiger partial charge < -0.3 is 4.42 Å². The summed E-state index contributed by atoms with van der Waals surface area (Å²) in [4.78, 5) is 14.3. The van der Waals surface area contributed by atoms with Crippen LogP contribution in [0.4, 0.5) is 0 Å². The molecule has 6 heteroatoms. The molecule has 0 amide bonds. The Morgan fingerprint density at radius 1 is 1.43 bits per heavy atom. The fraction of sp³-hybridized carbons (Fsp3) is 0.600. The Bertz CT molecular complexity index is 682. The molecule has 0 bridgehead atoms. The number of hydrogen-bond donors (Lipinski definition) is 0. The number of fused-ring (bicyclic) bond motifs is 1. The van der Waals surface area contributed by atoms with Crippen molar-refractivity contribution in [2.24, 2.45) is 7.05 Å². The lowest BCUT2D eigenvalue weighted by atomic mass is 10.1. The lowest BCUT2D eigenvalue weighted by Gasteiger charge is -2.25. The Morgan fingerprint density at radius 2 is 2.24 bits per heavy atom. The monoisotopic (exact) mass is 290 g/mol. The van der Waals surface area contributed by atoms with Gasteiger partial charge in [-0.05, 0) is 38.9 Å². The topological polar surface area (TPSA) is 56.2 Å². The van der Waals surface area contributed by atoms with E-state index in [4.69, 9.17) is 4.42 Å². The number of aromatic nitrogens is 3.